The first kappa shape index (κ1) is 13.2. The Morgan fingerprint density at radius 3 is 2.42 bits per heavy atom. The minimum atomic E-state index is -0.322. The largest absolute Gasteiger partial charge is 0.489 e. The summed E-state index contributed by atoms with van der Waals surface area (Å²) in [5, 5.41) is 2.97. The lowest BCUT2D eigenvalue weighted by Crippen LogP contribution is -2.08. The molecule has 3 N–H and O–H groups in total. The summed E-state index contributed by atoms with van der Waals surface area (Å²) >= 11 is 0. The molecule has 0 aliphatic rings. The van der Waals surface area contributed by atoms with Crippen molar-refractivity contribution in [2.75, 3.05) is 11.1 Å². The third-order valence-electron chi connectivity index (χ3n) is 2.57. The van der Waals surface area contributed by atoms with Crippen LogP contribution in [0.1, 0.15) is 13.8 Å². The molecule has 4 heteroatoms. The van der Waals surface area contributed by atoms with E-state index < -0.39 is 0 Å². The molecule has 2 aromatic rings. The summed E-state index contributed by atoms with van der Waals surface area (Å²) in [7, 11) is 0. The number of halogens is 1. The van der Waals surface area contributed by atoms with Gasteiger partial charge in [-0.3, -0.25) is 0 Å². The van der Waals surface area contributed by atoms with Crippen molar-refractivity contribution in [3.8, 4) is 5.75 Å². The molecule has 0 fully saturated rings. The smallest absolute Gasteiger partial charge is 0.146 e. The standard InChI is InChI=1S/C15H17FN2O/c1-10(2)19-14-9-5-8-13(15(14)17)18-12-7-4-3-6-11(12)16/h3-10,18H,17H2,1-2H3. The highest BCUT2D eigenvalue weighted by molar-refractivity contribution is 5.77. The maximum absolute atomic E-state index is 13.6. The van der Waals surface area contributed by atoms with Crippen LogP contribution in [0.15, 0.2) is 42.5 Å². The van der Waals surface area contributed by atoms with Crippen LogP contribution in [0.5, 0.6) is 5.75 Å². The zero-order chi connectivity index (χ0) is 13.8. The lowest BCUT2D eigenvalue weighted by Gasteiger charge is -2.16. The maximum atomic E-state index is 13.6. The quantitative estimate of drug-likeness (QED) is 0.818. The Hall–Kier alpha value is -2.23. The van der Waals surface area contributed by atoms with Crippen LogP contribution in [0.2, 0.25) is 0 Å². The summed E-state index contributed by atoms with van der Waals surface area (Å²) in [6.07, 6.45) is 0.0333. The average molecular weight is 260 g/mol. The van der Waals surface area contributed by atoms with Crippen LogP contribution in [0.3, 0.4) is 0 Å². The van der Waals surface area contributed by atoms with E-state index in [4.69, 9.17) is 10.5 Å². The van der Waals surface area contributed by atoms with E-state index in [1.165, 1.54) is 6.07 Å². The normalized spacial score (nSPS) is 10.5. The number of anilines is 3. The molecule has 0 saturated carbocycles. The SMILES string of the molecule is CC(C)Oc1cccc(Nc2ccccc2F)c1N. The number of nitrogens with two attached hydrogens (primary N) is 1. The number of hydrogen-bond donors (Lipinski definition) is 2. The molecule has 0 aliphatic carbocycles. The summed E-state index contributed by atoms with van der Waals surface area (Å²) in [5.41, 5.74) is 7.50. The molecule has 2 aromatic carbocycles. The van der Waals surface area contributed by atoms with Crippen LogP contribution in [0.4, 0.5) is 21.5 Å². The van der Waals surface area contributed by atoms with E-state index >= 15 is 0 Å². The Balaban J connectivity index is 2.28. The first-order chi connectivity index (χ1) is 9.08. The molecule has 0 unspecified atom stereocenters. The fourth-order valence-electron chi connectivity index (χ4n) is 1.72. The van der Waals surface area contributed by atoms with Gasteiger partial charge < -0.3 is 15.8 Å². The summed E-state index contributed by atoms with van der Waals surface area (Å²) in [5.74, 6) is 0.272. The Morgan fingerprint density at radius 1 is 1.05 bits per heavy atom. The van der Waals surface area contributed by atoms with Gasteiger partial charge in [-0.25, -0.2) is 4.39 Å². The van der Waals surface area contributed by atoms with E-state index in [1.54, 1.807) is 30.3 Å². The zero-order valence-electron chi connectivity index (χ0n) is 11.0. The maximum Gasteiger partial charge on any atom is 0.146 e. The molecule has 2 rings (SSSR count). The molecule has 0 atom stereocenters. The second-order valence-electron chi connectivity index (χ2n) is 4.49. The van der Waals surface area contributed by atoms with E-state index in [9.17, 15) is 4.39 Å². The number of benzene rings is 2. The third-order valence-corrected chi connectivity index (χ3v) is 2.57. The van der Waals surface area contributed by atoms with Gasteiger partial charge in [-0.1, -0.05) is 18.2 Å². The van der Waals surface area contributed by atoms with Crippen molar-refractivity contribution in [3.05, 3.63) is 48.3 Å². The third kappa shape index (κ3) is 3.16. The fourth-order valence-corrected chi connectivity index (χ4v) is 1.72. The molecule has 0 radical (unpaired) electrons. The lowest BCUT2D eigenvalue weighted by molar-refractivity contribution is 0.244. The molecular weight excluding hydrogens is 243 g/mol. The van der Waals surface area contributed by atoms with Crippen molar-refractivity contribution in [2.45, 2.75) is 20.0 Å². The zero-order valence-corrected chi connectivity index (χ0v) is 11.0. The van der Waals surface area contributed by atoms with E-state index in [2.05, 4.69) is 5.32 Å². The predicted molar refractivity (Wildman–Crippen MR) is 76.3 cm³/mol. The van der Waals surface area contributed by atoms with Gasteiger partial charge in [-0.2, -0.15) is 0 Å². The van der Waals surface area contributed by atoms with Crippen molar-refractivity contribution < 1.29 is 9.13 Å². The Labute approximate surface area is 112 Å². The van der Waals surface area contributed by atoms with Crippen LogP contribution < -0.4 is 15.8 Å². The first-order valence-electron chi connectivity index (χ1n) is 6.14. The topological polar surface area (TPSA) is 47.3 Å². The van der Waals surface area contributed by atoms with Gasteiger partial charge in [0.15, 0.2) is 0 Å². The molecule has 0 bridgehead atoms. The number of para-hydroxylation sites is 2. The number of ether oxygens (including phenoxy) is 1. The molecule has 0 amide bonds. The monoisotopic (exact) mass is 260 g/mol. The predicted octanol–water partition coefficient (Wildman–Crippen LogP) is 3.94. The summed E-state index contributed by atoms with van der Waals surface area (Å²) in [6, 6.07) is 11.9. The molecule has 0 spiro atoms. The number of nitrogens with one attached hydrogen (secondary N) is 1. The molecule has 0 aliphatic heterocycles. The lowest BCUT2D eigenvalue weighted by atomic mass is 10.2. The van der Waals surface area contributed by atoms with E-state index in [-0.39, 0.29) is 11.9 Å². The molecule has 3 nitrogen and oxygen atoms in total. The minimum Gasteiger partial charge on any atom is -0.489 e. The molecule has 0 saturated heterocycles. The van der Waals surface area contributed by atoms with Crippen LogP contribution in [-0.2, 0) is 0 Å². The molecule has 0 aromatic heterocycles. The Bertz CT molecular complexity index is 570. The van der Waals surface area contributed by atoms with Crippen molar-refractivity contribution in [1.82, 2.24) is 0 Å². The Kier molecular flexibility index (Phi) is 3.90. The van der Waals surface area contributed by atoms with Gasteiger partial charge in [0.05, 0.1) is 23.2 Å². The van der Waals surface area contributed by atoms with E-state index in [1.807, 2.05) is 19.9 Å². The molecule has 100 valence electrons. The highest BCUT2D eigenvalue weighted by Gasteiger charge is 2.09. The van der Waals surface area contributed by atoms with Crippen LogP contribution in [0.25, 0.3) is 0 Å². The van der Waals surface area contributed by atoms with Gasteiger partial charge >= 0.3 is 0 Å². The van der Waals surface area contributed by atoms with Crippen molar-refractivity contribution >= 4 is 17.1 Å². The second-order valence-corrected chi connectivity index (χ2v) is 4.49. The number of rotatable bonds is 4. The van der Waals surface area contributed by atoms with Crippen molar-refractivity contribution in [1.29, 1.82) is 0 Å². The van der Waals surface area contributed by atoms with E-state index in [0.717, 1.165) is 0 Å². The molecule has 19 heavy (non-hydrogen) atoms. The van der Waals surface area contributed by atoms with Crippen LogP contribution in [-0.4, -0.2) is 6.10 Å². The van der Waals surface area contributed by atoms with Crippen molar-refractivity contribution in [3.63, 3.8) is 0 Å². The summed E-state index contributed by atoms with van der Waals surface area (Å²) in [6.45, 7) is 3.85. The second kappa shape index (κ2) is 5.61. The van der Waals surface area contributed by atoms with Gasteiger partial charge in [-0.05, 0) is 38.1 Å². The number of nitrogen functional groups attached to an aromatic ring is 1. The highest BCUT2D eigenvalue weighted by atomic mass is 19.1. The molecular formula is C15H17FN2O. The Morgan fingerprint density at radius 2 is 1.74 bits per heavy atom. The van der Waals surface area contributed by atoms with Crippen LogP contribution in [0, 0.1) is 5.82 Å². The van der Waals surface area contributed by atoms with Gasteiger partial charge in [-0.15, -0.1) is 0 Å². The summed E-state index contributed by atoms with van der Waals surface area (Å²) < 4.78 is 19.2. The minimum absolute atomic E-state index is 0.0333. The van der Waals surface area contributed by atoms with E-state index in [0.29, 0.717) is 22.8 Å². The molecule has 0 heterocycles. The van der Waals surface area contributed by atoms with Gasteiger partial charge in [0.2, 0.25) is 0 Å². The van der Waals surface area contributed by atoms with Crippen molar-refractivity contribution in [2.24, 2.45) is 0 Å². The highest BCUT2D eigenvalue weighted by Crippen LogP contribution is 2.32. The van der Waals surface area contributed by atoms with Gasteiger partial charge in [0, 0.05) is 0 Å². The number of hydrogen-bond acceptors (Lipinski definition) is 3. The summed E-state index contributed by atoms with van der Waals surface area (Å²) in [4.78, 5) is 0. The van der Waals surface area contributed by atoms with Gasteiger partial charge in [0.1, 0.15) is 11.6 Å². The van der Waals surface area contributed by atoms with Gasteiger partial charge in [0.25, 0.3) is 0 Å². The first-order valence-corrected chi connectivity index (χ1v) is 6.14. The van der Waals surface area contributed by atoms with Crippen LogP contribution >= 0.6 is 0 Å². The average Bonchev–Trinajstić information content (AvgIpc) is 2.36. The fraction of sp³-hybridized carbons (Fsp3) is 0.200.